The lowest BCUT2D eigenvalue weighted by atomic mass is 10.1. The summed E-state index contributed by atoms with van der Waals surface area (Å²) in [5.41, 5.74) is 1.62. The average molecular weight is 236 g/mol. The molecule has 1 unspecified atom stereocenters. The molecule has 0 aromatic heterocycles. The number of nitrogens with zero attached hydrogens (tertiary/aromatic N) is 1. The highest BCUT2D eigenvalue weighted by Gasteiger charge is 2.29. The number of hydrogen-bond donors (Lipinski definition) is 2. The molecule has 0 saturated heterocycles. The highest BCUT2D eigenvalue weighted by molar-refractivity contribution is 6.31. The first-order chi connectivity index (χ1) is 7.72. The largest absolute Gasteiger partial charge is 0.324 e. The van der Waals surface area contributed by atoms with Crippen molar-refractivity contribution >= 4 is 23.2 Å². The number of amides is 1. The van der Waals surface area contributed by atoms with Gasteiger partial charge in [-0.2, -0.15) is 5.26 Å². The minimum absolute atomic E-state index is 0.102. The molecule has 1 heterocycles. The van der Waals surface area contributed by atoms with Crippen LogP contribution in [0.15, 0.2) is 18.2 Å². The molecule has 0 saturated carbocycles. The molecule has 0 bridgehead atoms. The molecule has 0 fully saturated rings. The van der Waals surface area contributed by atoms with Crippen molar-refractivity contribution in [2.24, 2.45) is 0 Å². The maximum Gasteiger partial charge on any atom is 0.246 e. The number of nitrogens with one attached hydrogen (secondary N) is 2. The number of rotatable bonds is 3. The second kappa shape index (κ2) is 4.52. The van der Waals surface area contributed by atoms with E-state index in [2.05, 4.69) is 10.6 Å². The van der Waals surface area contributed by atoms with Crippen LogP contribution in [0.5, 0.6) is 0 Å². The summed E-state index contributed by atoms with van der Waals surface area (Å²) in [5.74, 6) is -0.102. The molecule has 2 N–H and O–H groups in total. The SMILES string of the molecule is N#CCCNC1C(=O)Nc2cc(Cl)ccc21. The molecule has 1 atom stereocenters. The Morgan fingerprint density at radius 2 is 2.38 bits per heavy atom. The number of carbonyl (C=O) groups is 1. The van der Waals surface area contributed by atoms with Gasteiger partial charge in [0.1, 0.15) is 6.04 Å². The maximum atomic E-state index is 11.6. The topological polar surface area (TPSA) is 64.9 Å². The monoisotopic (exact) mass is 235 g/mol. The van der Waals surface area contributed by atoms with Gasteiger partial charge in [0.25, 0.3) is 0 Å². The second-order valence-corrected chi connectivity index (χ2v) is 3.95. The number of nitriles is 1. The first kappa shape index (κ1) is 10.9. The van der Waals surface area contributed by atoms with E-state index in [1.807, 2.05) is 12.1 Å². The maximum absolute atomic E-state index is 11.6. The van der Waals surface area contributed by atoms with Crippen LogP contribution in [-0.4, -0.2) is 12.5 Å². The molecule has 0 radical (unpaired) electrons. The normalized spacial score (nSPS) is 17.8. The van der Waals surface area contributed by atoms with Gasteiger partial charge < -0.3 is 10.6 Å². The fraction of sp³-hybridized carbons (Fsp3) is 0.273. The molecule has 4 nitrogen and oxygen atoms in total. The zero-order chi connectivity index (χ0) is 11.5. The van der Waals surface area contributed by atoms with Crippen LogP contribution < -0.4 is 10.6 Å². The van der Waals surface area contributed by atoms with E-state index in [4.69, 9.17) is 16.9 Å². The van der Waals surface area contributed by atoms with E-state index in [0.717, 1.165) is 11.3 Å². The Labute approximate surface area is 98.2 Å². The molecular formula is C11H10ClN3O. The lowest BCUT2D eigenvalue weighted by Crippen LogP contribution is -2.28. The number of benzene rings is 1. The Kier molecular flexibility index (Phi) is 3.09. The Morgan fingerprint density at radius 3 is 3.12 bits per heavy atom. The molecule has 16 heavy (non-hydrogen) atoms. The van der Waals surface area contributed by atoms with Crippen molar-refractivity contribution < 1.29 is 4.79 Å². The van der Waals surface area contributed by atoms with E-state index >= 15 is 0 Å². The fourth-order valence-corrected chi connectivity index (χ4v) is 1.88. The van der Waals surface area contributed by atoms with Gasteiger partial charge in [0.2, 0.25) is 5.91 Å². The van der Waals surface area contributed by atoms with Gasteiger partial charge in [-0.1, -0.05) is 17.7 Å². The zero-order valence-electron chi connectivity index (χ0n) is 8.46. The summed E-state index contributed by atoms with van der Waals surface area (Å²) >= 11 is 5.83. The van der Waals surface area contributed by atoms with Crippen LogP contribution in [0.25, 0.3) is 0 Å². The minimum Gasteiger partial charge on any atom is -0.324 e. The Bertz CT molecular complexity index is 467. The van der Waals surface area contributed by atoms with E-state index in [9.17, 15) is 4.79 Å². The molecule has 0 aliphatic carbocycles. The van der Waals surface area contributed by atoms with Crippen molar-refractivity contribution in [3.63, 3.8) is 0 Å². The molecule has 1 aliphatic heterocycles. The van der Waals surface area contributed by atoms with E-state index in [-0.39, 0.29) is 11.9 Å². The number of halogens is 1. The van der Waals surface area contributed by atoms with Crippen molar-refractivity contribution in [2.75, 3.05) is 11.9 Å². The standard InChI is InChI=1S/C11H10ClN3O/c12-7-2-3-8-9(6-7)15-11(16)10(8)14-5-1-4-13/h2-3,6,10,14H,1,5H2,(H,15,16). The van der Waals surface area contributed by atoms with E-state index < -0.39 is 0 Å². The van der Waals surface area contributed by atoms with E-state index in [1.54, 1.807) is 12.1 Å². The molecule has 1 aromatic carbocycles. The third-order valence-corrected chi connectivity index (χ3v) is 2.67. The van der Waals surface area contributed by atoms with Crippen LogP contribution in [-0.2, 0) is 4.79 Å². The molecule has 2 rings (SSSR count). The van der Waals surface area contributed by atoms with Crippen LogP contribution in [0, 0.1) is 11.3 Å². The molecule has 1 aliphatic rings. The molecule has 1 aromatic rings. The number of anilines is 1. The number of fused-ring (bicyclic) bond motifs is 1. The van der Waals surface area contributed by atoms with Crippen LogP contribution in [0.4, 0.5) is 5.69 Å². The number of hydrogen-bond acceptors (Lipinski definition) is 3. The molecular weight excluding hydrogens is 226 g/mol. The quantitative estimate of drug-likeness (QED) is 0.786. The van der Waals surface area contributed by atoms with Crippen LogP contribution >= 0.6 is 11.6 Å². The minimum atomic E-state index is -0.374. The zero-order valence-corrected chi connectivity index (χ0v) is 9.21. The van der Waals surface area contributed by atoms with Gasteiger partial charge in [0, 0.05) is 29.2 Å². The van der Waals surface area contributed by atoms with Gasteiger partial charge in [-0.3, -0.25) is 4.79 Å². The van der Waals surface area contributed by atoms with Crippen molar-refractivity contribution in [1.82, 2.24) is 5.32 Å². The first-order valence-electron chi connectivity index (χ1n) is 4.93. The van der Waals surface area contributed by atoms with Crippen LogP contribution in [0.3, 0.4) is 0 Å². The highest BCUT2D eigenvalue weighted by Crippen LogP contribution is 2.32. The molecule has 0 spiro atoms. The average Bonchev–Trinajstić information content (AvgIpc) is 2.55. The van der Waals surface area contributed by atoms with Crippen molar-refractivity contribution in [3.8, 4) is 6.07 Å². The molecule has 82 valence electrons. The third kappa shape index (κ3) is 2.01. The third-order valence-electron chi connectivity index (χ3n) is 2.43. The molecule has 1 amide bonds. The summed E-state index contributed by atoms with van der Waals surface area (Å²) in [6.07, 6.45) is 0.382. The Hall–Kier alpha value is -1.57. The van der Waals surface area contributed by atoms with Gasteiger partial charge in [-0.05, 0) is 12.1 Å². The van der Waals surface area contributed by atoms with Gasteiger partial charge in [-0.25, -0.2) is 0 Å². The second-order valence-electron chi connectivity index (χ2n) is 3.52. The number of carbonyl (C=O) groups excluding carboxylic acids is 1. The van der Waals surface area contributed by atoms with Gasteiger partial charge in [0.05, 0.1) is 6.07 Å². The summed E-state index contributed by atoms with van der Waals surface area (Å²) in [5, 5.41) is 14.8. The lowest BCUT2D eigenvalue weighted by molar-refractivity contribution is -0.117. The first-order valence-corrected chi connectivity index (χ1v) is 5.31. The van der Waals surface area contributed by atoms with Gasteiger partial charge >= 0.3 is 0 Å². The molecule has 5 heteroatoms. The predicted molar refractivity (Wildman–Crippen MR) is 61.1 cm³/mol. The van der Waals surface area contributed by atoms with E-state index in [0.29, 0.717) is 18.0 Å². The summed E-state index contributed by atoms with van der Waals surface area (Å²) in [7, 11) is 0. The van der Waals surface area contributed by atoms with Crippen molar-refractivity contribution in [1.29, 1.82) is 5.26 Å². The van der Waals surface area contributed by atoms with Crippen molar-refractivity contribution in [3.05, 3.63) is 28.8 Å². The highest BCUT2D eigenvalue weighted by atomic mass is 35.5. The van der Waals surface area contributed by atoms with Crippen molar-refractivity contribution in [2.45, 2.75) is 12.5 Å². The lowest BCUT2D eigenvalue weighted by Gasteiger charge is -2.09. The summed E-state index contributed by atoms with van der Waals surface area (Å²) in [6, 6.07) is 6.94. The Morgan fingerprint density at radius 1 is 1.56 bits per heavy atom. The summed E-state index contributed by atoms with van der Waals surface area (Å²) in [6.45, 7) is 0.497. The predicted octanol–water partition coefficient (Wildman–Crippen LogP) is 1.84. The fourth-order valence-electron chi connectivity index (χ4n) is 1.71. The van der Waals surface area contributed by atoms with Crippen LogP contribution in [0.1, 0.15) is 18.0 Å². The Balaban J connectivity index is 2.17. The van der Waals surface area contributed by atoms with E-state index in [1.165, 1.54) is 0 Å². The van der Waals surface area contributed by atoms with Crippen LogP contribution in [0.2, 0.25) is 5.02 Å². The smallest absolute Gasteiger partial charge is 0.246 e. The summed E-state index contributed by atoms with van der Waals surface area (Å²) < 4.78 is 0. The van der Waals surface area contributed by atoms with Gasteiger partial charge in [-0.15, -0.1) is 0 Å². The summed E-state index contributed by atoms with van der Waals surface area (Å²) in [4.78, 5) is 11.6. The van der Waals surface area contributed by atoms with Gasteiger partial charge in [0.15, 0.2) is 0 Å².